The van der Waals surface area contributed by atoms with Crippen molar-refractivity contribution in [2.45, 2.75) is 33.2 Å². The van der Waals surface area contributed by atoms with Crippen molar-refractivity contribution >= 4 is 0 Å². The molecule has 1 aliphatic heterocycles. The van der Waals surface area contributed by atoms with Crippen LogP contribution in [0.15, 0.2) is 35.6 Å². The van der Waals surface area contributed by atoms with Crippen molar-refractivity contribution in [1.29, 1.82) is 0 Å². The summed E-state index contributed by atoms with van der Waals surface area (Å²) in [6, 6.07) is 0. The van der Waals surface area contributed by atoms with Gasteiger partial charge in [0.05, 0.1) is 5.54 Å². The average molecular weight is 177 g/mol. The molecule has 0 saturated heterocycles. The van der Waals surface area contributed by atoms with Crippen molar-refractivity contribution in [1.82, 2.24) is 4.90 Å². The summed E-state index contributed by atoms with van der Waals surface area (Å²) in [4.78, 5) is 2.25. The fraction of sp³-hybridized carbons (Fsp3) is 0.500. The van der Waals surface area contributed by atoms with Crippen LogP contribution in [0.25, 0.3) is 0 Å². The summed E-state index contributed by atoms with van der Waals surface area (Å²) in [6.45, 7) is 8.65. The van der Waals surface area contributed by atoms with Gasteiger partial charge in [0.2, 0.25) is 0 Å². The first-order valence-electron chi connectivity index (χ1n) is 4.74. The van der Waals surface area contributed by atoms with Crippen LogP contribution in [0.2, 0.25) is 0 Å². The van der Waals surface area contributed by atoms with Gasteiger partial charge in [-0.25, -0.2) is 0 Å². The van der Waals surface area contributed by atoms with Gasteiger partial charge in [-0.3, -0.25) is 0 Å². The Balaban J connectivity index is 3.03. The molecule has 0 N–H and O–H groups in total. The third-order valence-corrected chi connectivity index (χ3v) is 2.61. The molecule has 1 heteroatoms. The lowest BCUT2D eigenvalue weighted by atomic mass is 9.92. The van der Waals surface area contributed by atoms with Crippen LogP contribution < -0.4 is 0 Å². The van der Waals surface area contributed by atoms with E-state index in [0.29, 0.717) is 0 Å². The van der Waals surface area contributed by atoms with Gasteiger partial charge in [-0.05, 0) is 38.8 Å². The lowest BCUT2D eigenvalue weighted by Gasteiger charge is -2.36. The maximum Gasteiger partial charge on any atom is 0.0528 e. The maximum absolute atomic E-state index is 2.31. The maximum atomic E-state index is 2.31. The van der Waals surface area contributed by atoms with Gasteiger partial charge in [0.15, 0.2) is 0 Å². The van der Waals surface area contributed by atoms with Gasteiger partial charge in [0, 0.05) is 13.2 Å². The normalized spacial score (nSPS) is 21.8. The Morgan fingerprint density at radius 1 is 1.38 bits per heavy atom. The zero-order valence-electron chi connectivity index (χ0n) is 9.26. The number of hydrogen-bond donors (Lipinski definition) is 0. The Bertz CT molecular complexity index is 279. The van der Waals surface area contributed by atoms with E-state index in [0.717, 1.165) is 0 Å². The summed E-state index contributed by atoms with van der Waals surface area (Å²) >= 11 is 0. The zero-order chi connectivity index (χ0) is 10.1. The number of likely N-dealkylation sites (N-methyl/N-ethyl adjacent to an activating group) is 1. The molecule has 0 aromatic rings. The molecule has 0 bridgehead atoms. The second-order valence-corrected chi connectivity index (χ2v) is 4.18. The summed E-state index contributed by atoms with van der Waals surface area (Å²) in [6.07, 6.45) is 8.77. The Hall–Kier alpha value is -0.980. The fourth-order valence-corrected chi connectivity index (χ4v) is 1.49. The van der Waals surface area contributed by atoms with Crippen molar-refractivity contribution in [2.75, 3.05) is 7.05 Å². The molecule has 0 aliphatic carbocycles. The Labute approximate surface area is 81.4 Å². The lowest BCUT2D eigenvalue weighted by molar-refractivity contribution is 0.278. The van der Waals surface area contributed by atoms with E-state index in [2.05, 4.69) is 64.1 Å². The number of rotatable bonds is 1. The largest absolute Gasteiger partial charge is 0.372 e. The van der Waals surface area contributed by atoms with E-state index in [-0.39, 0.29) is 5.54 Å². The highest BCUT2D eigenvalue weighted by molar-refractivity contribution is 5.42. The van der Waals surface area contributed by atoms with E-state index in [1.807, 2.05) is 0 Å². The van der Waals surface area contributed by atoms with E-state index < -0.39 is 0 Å². The minimum Gasteiger partial charge on any atom is -0.372 e. The Morgan fingerprint density at radius 3 is 2.54 bits per heavy atom. The third-order valence-electron chi connectivity index (χ3n) is 2.61. The summed E-state index contributed by atoms with van der Waals surface area (Å²) in [5.41, 5.74) is 2.81. The highest BCUT2D eigenvalue weighted by Gasteiger charge is 2.22. The van der Waals surface area contributed by atoms with Crippen LogP contribution in [0.5, 0.6) is 0 Å². The van der Waals surface area contributed by atoms with Crippen molar-refractivity contribution < 1.29 is 0 Å². The SMILES string of the molecule is C/C=C\C1=CC(C)(C)N(C)C=C1C. The highest BCUT2D eigenvalue weighted by atomic mass is 15.1. The number of hydrogen-bond acceptors (Lipinski definition) is 1. The molecule has 0 saturated carbocycles. The fourth-order valence-electron chi connectivity index (χ4n) is 1.49. The Morgan fingerprint density at radius 2 is 2.00 bits per heavy atom. The van der Waals surface area contributed by atoms with Gasteiger partial charge in [-0.2, -0.15) is 0 Å². The zero-order valence-corrected chi connectivity index (χ0v) is 9.26. The Kier molecular flexibility index (Phi) is 2.65. The van der Waals surface area contributed by atoms with Gasteiger partial charge < -0.3 is 4.90 Å². The molecule has 0 amide bonds. The molecule has 0 radical (unpaired) electrons. The summed E-state index contributed by atoms with van der Waals surface area (Å²) in [7, 11) is 2.12. The molecule has 0 aromatic carbocycles. The minimum atomic E-state index is 0.133. The first-order valence-corrected chi connectivity index (χ1v) is 4.74. The molecule has 0 unspecified atom stereocenters. The second kappa shape index (κ2) is 3.41. The van der Waals surface area contributed by atoms with Crippen LogP contribution in [0.1, 0.15) is 27.7 Å². The molecule has 13 heavy (non-hydrogen) atoms. The predicted octanol–water partition coefficient (Wildman–Crippen LogP) is 3.12. The predicted molar refractivity (Wildman–Crippen MR) is 58.5 cm³/mol. The molecule has 0 fully saturated rings. The molecule has 1 aliphatic rings. The molecule has 72 valence electrons. The molecular formula is C12H19N. The van der Waals surface area contributed by atoms with Gasteiger partial charge in [0.1, 0.15) is 0 Å². The molecule has 1 heterocycles. The number of nitrogens with zero attached hydrogens (tertiary/aromatic N) is 1. The molecular weight excluding hydrogens is 158 g/mol. The second-order valence-electron chi connectivity index (χ2n) is 4.18. The lowest BCUT2D eigenvalue weighted by Crippen LogP contribution is -2.37. The minimum absolute atomic E-state index is 0.133. The molecule has 0 aromatic heterocycles. The van der Waals surface area contributed by atoms with E-state index in [9.17, 15) is 0 Å². The monoisotopic (exact) mass is 177 g/mol. The summed E-state index contributed by atoms with van der Waals surface area (Å²) in [5.74, 6) is 0. The first-order chi connectivity index (χ1) is 5.97. The first kappa shape index (κ1) is 10.1. The van der Waals surface area contributed by atoms with Gasteiger partial charge in [0.25, 0.3) is 0 Å². The van der Waals surface area contributed by atoms with Crippen LogP contribution in [0, 0.1) is 0 Å². The van der Waals surface area contributed by atoms with Gasteiger partial charge >= 0.3 is 0 Å². The van der Waals surface area contributed by atoms with Crippen LogP contribution in [-0.4, -0.2) is 17.5 Å². The van der Waals surface area contributed by atoms with Crippen molar-refractivity contribution in [3.05, 3.63) is 35.6 Å². The van der Waals surface area contributed by atoms with Crippen LogP contribution in [0.4, 0.5) is 0 Å². The molecule has 1 rings (SSSR count). The van der Waals surface area contributed by atoms with Crippen molar-refractivity contribution in [3.8, 4) is 0 Å². The van der Waals surface area contributed by atoms with Crippen LogP contribution >= 0.6 is 0 Å². The van der Waals surface area contributed by atoms with Crippen molar-refractivity contribution in [3.63, 3.8) is 0 Å². The average Bonchev–Trinajstić information content (AvgIpc) is 2.00. The summed E-state index contributed by atoms with van der Waals surface area (Å²) < 4.78 is 0. The van der Waals surface area contributed by atoms with Gasteiger partial charge in [-0.1, -0.05) is 18.2 Å². The number of allylic oxidation sites excluding steroid dienone is 4. The third kappa shape index (κ3) is 2.03. The van der Waals surface area contributed by atoms with Gasteiger partial charge in [-0.15, -0.1) is 0 Å². The summed E-state index contributed by atoms with van der Waals surface area (Å²) in [5, 5.41) is 0. The topological polar surface area (TPSA) is 3.24 Å². The van der Waals surface area contributed by atoms with E-state index in [1.165, 1.54) is 11.1 Å². The van der Waals surface area contributed by atoms with E-state index >= 15 is 0 Å². The van der Waals surface area contributed by atoms with Crippen LogP contribution in [0.3, 0.4) is 0 Å². The van der Waals surface area contributed by atoms with Crippen molar-refractivity contribution in [2.24, 2.45) is 0 Å². The standard InChI is InChI=1S/C12H19N/c1-6-7-11-8-12(3,4)13(5)9-10(11)2/h6-9H,1-5H3/b7-6-. The quantitative estimate of drug-likeness (QED) is 0.595. The van der Waals surface area contributed by atoms with E-state index in [1.54, 1.807) is 0 Å². The smallest absolute Gasteiger partial charge is 0.0528 e. The molecule has 0 spiro atoms. The highest BCUT2D eigenvalue weighted by Crippen LogP contribution is 2.27. The molecule has 0 atom stereocenters. The molecule has 1 nitrogen and oxygen atoms in total. The van der Waals surface area contributed by atoms with Crippen LogP contribution in [-0.2, 0) is 0 Å². The van der Waals surface area contributed by atoms with E-state index in [4.69, 9.17) is 0 Å².